The highest BCUT2D eigenvalue weighted by atomic mass is 19.4. The van der Waals surface area contributed by atoms with E-state index in [0.29, 0.717) is 12.0 Å². The van der Waals surface area contributed by atoms with E-state index >= 15 is 0 Å². The zero-order valence-electron chi connectivity index (χ0n) is 20.6. The zero-order valence-corrected chi connectivity index (χ0v) is 20.6. The number of hydrogen-bond acceptors (Lipinski definition) is 2. The standard InChI is InChI=1S/C21H30F3N.C6H5F2N/c1-6-10-17(14-18(11-7-2)21(22,23)24)20(16(4)8-3)15-19-12-9-13-25(19)5;7-4-1-5(8)3-6(9)2-4/h6,10-11,14-15H,7-9,12-13H2,1-5H3;1-3H,9H2/b10-6-,17-14+,18-11-,19-15-,20-16?;. The largest absolute Gasteiger partial charge is 0.416 e. The van der Waals surface area contributed by atoms with E-state index in [1.165, 1.54) is 17.8 Å². The zero-order chi connectivity index (χ0) is 25.9. The van der Waals surface area contributed by atoms with Gasteiger partial charge in [-0.15, -0.1) is 0 Å². The molecule has 0 bridgehead atoms. The molecule has 2 N–H and O–H groups in total. The molecule has 0 aliphatic carbocycles. The van der Waals surface area contributed by atoms with Gasteiger partial charge in [0.1, 0.15) is 11.6 Å². The third-order valence-corrected chi connectivity index (χ3v) is 5.32. The molecule has 0 spiro atoms. The predicted octanol–water partition coefficient (Wildman–Crippen LogP) is 8.27. The van der Waals surface area contributed by atoms with Crippen LogP contribution in [0.15, 0.2) is 76.6 Å². The van der Waals surface area contributed by atoms with E-state index in [1.807, 2.05) is 27.8 Å². The van der Waals surface area contributed by atoms with Crippen molar-refractivity contribution in [3.05, 3.63) is 88.2 Å². The number of likely N-dealkylation sites (tertiary alicyclic amines) is 1. The normalized spacial score (nSPS) is 17.2. The summed E-state index contributed by atoms with van der Waals surface area (Å²) < 4.78 is 64.2. The molecule has 1 aromatic carbocycles. The Morgan fingerprint density at radius 2 is 1.74 bits per heavy atom. The first kappa shape index (κ1) is 29.2. The van der Waals surface area contributed by atoms with Gasteiger partial charge in [0.2, 0.25) is 0 Å². The maximum absolute atomic E-state index is 13.3. The first-order chi connectivity index (χ1) is 15.9. The lowest BCUT2D eigenvalue weighted by Crippen LogP contribution is -2.12. The summed E-state index contributed by atoms with van der Waals surface area (Å²) in [6, 6.07) is 2.89. The summed E-state index contributed by atoms with van der Waals surface area (Å²) in [6.45, 7) is 8.58. The second-order valence-electron chi connectivity index (χ2n) is 8.08. The number of hydrogen-bond donors (Lipinski definition) is 1. The molecule has 0 saturated carbocycles. The van der Waals surface area contributed by atoms with Crippen LogP contribution in [0.5, 0.6) is 0 Å². The molecular formula is C27H35F5N2. The molecule has 2 nitrogen and oxygen atoms in total. The van der Waals surface area contributed by atoms with Crippen LogP contribution in [0.25, 0.3) is 0 Å². The van der Waals surface area contributed by atoms with Crippen LogP contribution in [0.1, 0.15) is 53.4 Å². The number of anilines is 1. The molecule has 0 unspecified atom stereocenters. The van der Waals surface area contributed by atoms with Crippen molar-refractivity contribution in [2.24, 2.45) is 0 Å². The monoisotopic (exact) mass is 482 g/mol. The second kappa shape index (κ2) is 13.8. The Labute approximate surface area is 200 Å². The van der Waals surface area contributed by atoms with Gasteiger partial charge in [0, 0.05) is 31.0 Å². The number of benzene rings is 1. The molecule has 0 aromatic heterocycles. The molecule has 1 saturated heterocycles. The molecule has 1 aromatic rings. The molecule has 0 amide bonds. The van der Waals surface area contributed by atoms with Gasteiger partial charge >= 0.3 is 6.18 Å². The molecule has 188 valence electrons. The minimum atomic E-state index is -4.34. The van der Waals surface area contributed by atoms with E-state index in [9.17, 15) is 22.0 Å². The van der Waals surface area contributed by atoms with Gasteiger partial charge in [-0.2, -0.15) is 13.2 Å². The van der Waals surface area contributed by atoms with Crippen molar-refractivity contribution in [3.8, 4) is 0 Å². The van der Waals surface area contributed by atoms with Crippen molar-refractivity contribution in [1.29, 1.82) is 0 Å². The molecule has 0 radical (unpaired) electrons. The van der Waals surface area contributed by atoms with Gasteiger partial charge in [-0.25, -0.2) is 8.78 Å². The minimum absolute atomic E-state index is 0.104. The average Bonchev–Trinajstić information content (AvgIpc) is 3.14. The van der Waals surface area contributed by atoms with E-state index in [1.54, 1.807) is 19.1 Å². The Morgan fingerprint density at radius 3 is 2.15 bits per heavy atom. The highest BCUT2D eigenvalue weighted by Gasteiger charge is 2.32. The van der Waals surface area contributed by atoms with Gasteiger partial charge in [-0.3, -0.25) is 0 Å². The number of rotatable bonds is 6. The maximum Gasteiger partial charge on any atom is 0.416 e. The lowest BCUT2D eigenvalue weighted by molar-refractivity contribution is -0.0884. The van der Waals surface area contributed by atoms with Crippen molar-refractivity contribution < 1.29 is 22.0 Å². The van der Waals surface area contributed by atoms with E-state index < -0.39 is 23.4 Å². The third-order valence-electron chi connectivity index (χ3n) is 5.32. The molecule has 1 fully saturated rings. The van der Waals surface area contributed by atoms with Crippen LogP contribution in [-0.2, 0) is 0 Å². The van der Waals surface area contributed by atoms with Gasteiger partial charge in [-0.1, -0.05) is 37.6 Å². The van der Waals surface area contributed by atoms with E-state index in [-0.39, 0.29) is 5.69 Å². The third kappa shape index (κ3) is 9.57. The van der Waals surface area contributed by atoms with Crippen molar-refractivity contribution in [1.82, 2.24) is 4.90 Å². The Balaban J connectivity index is 0.000000533. The van der Waals surface area contributed by atoms with Crippen LogP contribution in [0.3, 0.4) is 0 Å². The van der Waals surface area contributed by atoms with Crippen molar-refractivity contribution in [2.45, 2.75) is 59.6 Å². The lowest BCUT2D eigenvalue weighted by atomic mass is 9.95. The van der Waals surface area contributed by atoms with Gasteiger partial charge in [0.25, 0.3) is 0 Å². The van der Waals surface area contributed by atoms with Crippen LogP contribution < -0.4 is 5.73 Å². The predicted molar refractivity (Wildman–Crippen MR) is 131 cm³/mol. The Bertz CT molecular complexity index is 915. The number of nitrogen functional groups attached to an aromatic ring is 1. The molecule has 1 aliphatic heterocycles. The van der Waals surface area contributed by atoms with Crippen LogP contribution in [0.4, 0.5) is 27.6 Å². The summed E-state index contributed by atoms with van der Waals surface area (Å²) in [5.41, 5.74) is 8.40. The van der Waals surface area contributed by atoms with Crippen molar-refractivity contribution >= 4 is 5.69 Å². The van der Waals surface area contributed by atoms with E-state index in [0.717, 1.165) is 55.2 Å². The number of alkyl halides is 3. The quantitative estimate of drug-likeness (QED) is 0.251. The average molecular weight is 483 g/mol. The second-order valence-corrected chi connectivity index (χ2v) is 8.08. The Kier molecular flexibility index (Phi) is 11.8. The molecular weight excluding hydrogens is 447 g/mol. The fourth-order valence-electron chi connectivity index (χ4n) is 3.44. The highest BCUT2D eigenvalue weighted by molar-refractivity contribution is 5.53. The van der Waals surface area contributed by atoms with Crippen LogP contribution in [0.2, 0.25) is 0 Å². The summed E-state index contributed by atoms with van der Waals surface area (Å²) in [6.07, 6.45) is 7.04. The SMILES string of the molecule is C\C=C/C(=C\C(=C\CC)C(F)(F)F)C(/C=C1/CCCN1C)=C(C)CC.Nc1cc(F)cc(F)c1. The minimum Gasteiger partial charge on any atom is -0.399 e. The fraction of sp³-hybridized carbons (Fsp3) is 0.407. The number of allylic oxidation sites excluding steroid dienone is 10. The topological polar surface area (TPSA) is 29.3 Å². The molecule has 0 atom stereocenters. The van der Waals surface area contributed by atoms with Gasteiger partial charge in [0.05, 0.1) is 5.57 Å². The van der Waals surface area contributed by atoms with Crippen molar-refractivity contribution in [2.75, 3.05) is 19.3 Å². The lowest BCUT2D eigenvalue weighted by Gasteiger charge is -2.17. The number of nitrogens with two attached hydrogens (primary N) is 1. The first-order valence-electron chi connectivity index (χ1n) is 11.4. The summed E-state index contributed by atoms with van der Waals surface area (Å²) >= 11 is 0. The van der Waals surface area contributed by atoms with Crippen LogP contribution in [-0.4, -0.2) is 24.7 Å². The Hall–Kier alpha value is -2.83. The summed E-state index contributed by atoms with van der Waals surface area (Å²) in [5.74, 6) is -1.29. The molecule has 2 rings (SSSR count). The fourth-order valence-corrected chi connectivity index (χ4v) is 3.44. The molecule has 1 heterocycles. The molecule has 1 aliphatic rings. The van der Waals surface area contributed by atoms with Gasteiger partial charge in [-0.05, 0) is 75.0 Å². The summed E-state index contributed by atoms with van der Waals surface area (Å²) in [4.78, 5) is 2.18. The van der Waals surface area contributed by atoms with Crippen molar-refractivity contribution in [3.63, 3.8) is 0 Å². The molecule has 34 heavy (non-hydrogen) atoms. The highest BCUT2D eigenvalue weighted by Crippen LogP contribution is 2.32. The number of halogens is 5. The molecule has 7 heteroatoms. The first-order valence-corrected chi connectivity index (χ1v) is 11.4. The maximum atomic E-state index is 13.3. The summed E-state index contributed by atoms with van der Waals surface area (Å²) in [7, 11) is 2.04. The van der Waals surface area contributed by atoms with E-state index in [4.69, 9.17) is 5.73 Å². The van der Waals surface area contributed by atoms with Gasteiger partial charge < -0.3 is 10.6 Å². The Morgan fingerprint density at radius 1 is 1.12 bits per heavy atom. The number of nitrogens with zero attached hydrogens (tertiary/aromatic N) is 1. The van der Waals surface area contributed by atoms with Crippen LogP contribution >= 0.6 is 0 Å². The van der Waals surface area contributed by atoms with Crippen LogP contribution in [0, 0.1) is 11.6 Å². The summed E-state index contributed by atoms with van der Waals surface area (Å²) in [5, 5.41) is 0. The van der Waals surface area contributed by atoms with Gasteiger partial charge in [0.15, 0.2) is 0 Å². The van der Waals surface area contributed by atoms with E-state index in [2.05, 4.69) is 11.0 Å². The smallest absolute Gasteiger partial charge is 0.399 e.